The molecule has 7 heteroatoms. The summed E-state index contributed by atoms with van der Waals surface area (Å²) >= 11 is 6.14. The van der Waals surface area contributed by atoms with Crippen LogP contribution in [0.15, 0.2) is 27.7 Å². The van der Waals surface area contributed by atoms with Crippen molar-refractivity contribution in [3.05, 3.63) is 22.7 Å². The van der Waals surface area contributed by atoms with Crippen molar-refractivity contribution in [2.75, 3.05) is 6.61 Å². The number of nitrogens with one attached hydrogen (secondary N) is 2. The third-order valence-electron chi connectivity index (χ3n) is 2.96. The molecule has 0 saturated carbocycles. The summed E-state index contributed by atoms with van der Waals surface area (Å²) in [5.41, 5.74) is 0.0598. The molecule has 0 aromatic rings. The van der Waals surface area contributed by atoms with Crippen molar-refractivity contribution in [1.29, 1.82) is 5.41 Å². The Morgan fingerprint density at radius 1 is 1.65 bits per heavy atom. The first kappa shape index (κ1) is 16.7. The Bertz CT molecular complexity index is 434. The van der Waals surface area contributed by atoms with E-state index in [1.54, 1.807) is 6.92 Å². The van der Waals surface area contributed by atoms with Crippen LogP contribution in [0.4, 0.5) is 0 Å². The van der Waals surface area contributed by atoms with E-state index in [1.807, 2.05) is 6.92 Å². The average molecular weight is 301 g/mol. The Kier molecular flexibility index (Phi) is 6.70. The van der Waals surface area contributed by atoms with E-state index in [0.717, 1.165) is 12.8 Å². The number of nitrogens with two attached hydrogens (primary N) is 1. The second-order valence-electron chi connectivity index (χ2n) is 4.65. The van der Waals surface area contributed by atoms with Crippen molar-refractivity contribution >= 4 is 24.0 Å². The number of hydrogen-bond acceptors (Lipinski definition) is 6. The van der Waals surface area contributed by atoms with E-state index in [1.165, 1.54) is 6.08 Å². The molecule has 0 aromatic heterocycles. The number of hydrogen-bond donors (Lipinski definition) is 3. The van der Waals surface area contributed by atoms with Crippen LogP contribution in [0.25, 0.3) is 0 Å². The number of allylic oxidation sites excluding steroid dienone is 3. The van der Waals surface area contributed by atoms with Gasteiger partial charge in [-0.3, -0.25) is 5.41 Å². The highest BCUT2D eigenvalue weighted by molar-refractivity contribution is 6.45. The highest BCUT2D eigenvalue weighted by Gasteiger charge is 2.21. The van der Waals surface area contributed by atoms with Crippen molar-refractivity contribution in [3.63, 3.8) is 0 Å². The summed E-state index contributed by atoms with van der Waals surface area (Å²) in [5.74, 6) is 5.78. The van der Waals surface area contributed by atoms with Crippen LogP contribution in [0.5, 0.6) is 0 Å². The van der Waals surface area contributed by atoms with E-state index in [9.17, 15) is 0 Å². The first-order valence-corrected chi connectivity index (χ1v) is 6.74. The van der Waals surface area contributed by atoms with Gasteiger partial charge in [0.15, 0.2) is 0 Å². The van der Waals surface area contributed by atoms with Gasteiger partial charge >= 0.3 is 0 Å². The minimum absolute atomic E-state index is 0.0598. The number of rotatable bonds is 6. The lowest BCUT2D eigenvalue weighted by molar-refractivity contribution is 0.0150. The van der Waals surface area contributed by atoms with Crippen molar-refractivity contribution in [3.8, 4) is 0 Å². The monoisotopic (exact) mass is 300 g/mol. The Hall–Kier alpha value is -1.37. The summed E-state index contributed by atoms with van der Waals surface area (Å²) < 4.78 is 5.48. The number of nitrogens with zero attached hydrogens (tertiary/aromatic N) is 1. The fraction of sp³-hybridized carbons (Fsp3) is 0.538. The Balaban J connectivity index is 2.79. The van der Waals surface area contributed by atoms with Gasteiger partial charge in [-0.1, -0.05) is 11.6 Å². The molecule has 112 valence electrons. The van der Waals surface area contributed by atoms with Crippen LogP contribution in [0.1, 0.15) is 26.7 Å². The summed E-state index contributed by atoms with van der Waals surface area (Å²) in [7, 11) is 0. The molecule has 0 aliphatic carbocycles. The van der Waals surface area contributed by atoms with Gasteiger partial charge < -0.3 is 14.9 Å². The van der Waals surface area contributed by atoms with Crippen LogP contribution in [0, 0.1) is 5.41 Å². The maximum absolute atomic E-state index is 7.86. The molecule has 1 rings (SSSR count). The summed E-state index contributed by atoms with van der Waals surface area (Å²) in [5, 5.41) is 11.2. The van der Waals surface area contributed by atoms with Crippen LogP contribution < -0.4 is 11.2 Å². The molecule has 20 heavy (non-hydrogen) atoms. The van der Waals surface area contributed by atoms with Gasteiger partial charge in [-0.15, -0.1) is 0 Å². The van der Waals surface area contributed by atoms with Gasteiger partial charge in [-0.2, -0.15) is 5.90 Å². The number of halogens is 1. The number of ether oxygens (including phenoxy) is 1. The predicted octanol–water partition coefficient (Wildman–Crippen LogP) is 2.07. The first-order valence-electron chi connectivity index (χ1n) is 6.36. The second-order valence-corrected chi connectivity index (χ2v) is 5.03. The number of aliphatic imine (C=N–C) groups is 1. The maximum Gasteiger partial charge on any atom is 0.146 e. The van der Waals surface area contributed by atoms with Gasteiger partial charge in [0, 0.05) is 18.7 Å². The predicted molar refractivity (Wildman–Crippen MR) is 80.8 cm³/mol. The molecule has 1 aliphatic rings. The second kappa shape index (κ2) is 8.04. The molecule has 2 atom stereocenters. The highest BCUT2D eigenvalue weighted by atomic mass is 35.5. The third kappa shape index (κ3) is 4.96. The van der Waals surface area contributed by atoms with E-state index >= 15 is 0 Å². The summed E-state index contributed by atoms with van der Waals surface area (Å²) in [6.45, 7) is 7.83. The molecule has 0 bridgehead atoms. The average Bonchev–Trinajstić information content (AvgIpc) is 2.43. The van der Waals surface area contributed by atoms with Crippen LogP contribution in [-0.2, 0) is 9.57 Å². The molecule has 6 nitrogen and oxygen atoms in total. The molecule has 0 aromatic carbocycles. The normalized spacial score (nSPS) is 24.7. The smallest absolute Gasteiger partial charge is 0.146 e. The topological polar surface area (TPSA) is 92.7 Å². The van der Waals surface area contributed by atoms with Gasteiger partial charge in [0.05, 0.1) is 11.8 Å². The Morgan fingerprint density at radius 2 is 2.35 bits per heavy atom. The summed E-state index contributed by atoms with van der Waals surface area (Å²) in [6, 6.07) is 0.205. The van der Waals surface area contributed by atoms with Crippen LogP contribution in [0.2, 0.25) is 0 Å². The standard InChI is InChI=1S/C13H21ClN4O2/c1-8-6-10(4-5-19-8)18-13(17-3)12(14)11(15)7-9(2)20-16/h7-8,10,15,18H,3-6,16H2,1-2H3/b9-7+,13-12-,15-11?/t8-,10-/m0/s1. The van der Waals surface area contributed by atoms with E-state index in [0.29, 0.717) is 18.2 Å². The minimum atomic E-state index is 0.0598. The minimum Gasteiger partial charge on any atom is -0.416 e. The van der Waals surface area contributed by atoms with Crippen molar-refractivity contribution in [1.82, 2.24) is 5.32 Å². The molecule has 0 spiro atoms. The van der Waals surface area contributed by atoms with Crippen molar-refractivity contribution in [2.45, 2.75) is 38.8 Å². The van der Waals surface area contributed by atoms with Crippen LogP contribution >= 0.6 is 11.6 Å². The third-order valence-corrected chi connectivity index (χ3v) is 3.34. The van der Waals surface area contributed by atoms with Gasteiger partial charge in [-0.05, 0) is 33.4 Å². The van der Waals surface area contributed by atoms with E-state index in [2.05, 4.69) is 21.9 Å². The highest BCUT2D eigenvalue weighted by Crippen LogP contribution is 2.18. The Morgan fingerprint density at radius 3 is 2.90 bits per heavy atom. The van der Waals surface area contributed by atoms with Crippen molar-refractivity contribution in [2.24, 2.45) is 10.9 Å². The summed E-state index contributed by atoms with van der Waals surface area (Å²) in [4.78, 5) is 8.37. The molecule has 1 heterocycles. The summed E-state index contributed by atoms with van der Waals surface area (Å²) in [6.07, 6.45) is 3.33. The van der Waals surface area contributed by atoms with E-state index in [4.69, 9.17) is 27.6 Å². The van der Waals surface area contributed by atoms with Crippen LogP contribution in [0.3, 0.4) is 0 Å². The van der Waals surface area contributed by atoms with Gasteiger partial charge in [0.25, 0.3) is 0 Å². The molecular formula is C13H21ClN4O2. The zero-order valence-electron chi connectivity index (χ0n) is 11.8. The molecular weight excluding hydrogens is 280 g/mol. The largest absolute Gasteiger partial charge is 0.416 e. The SMILES string of the molecule is C=N/C(N[C@H]1CCO[C@@H](C)C1)=C(/Cl)C(=N)/C=C(\C)ON. The zero-order chi connectivity index (χ0) is 15.1. The van der Waals surface area contributed by atoms with E-state index < -0.39 is 0 Å². The lowest BCUT2D eigenvalue weighted by Gasteiger charge is -2.28. The fourth-order valence-electron chi connectivity index (χ4n) is 1.93. The van der Waals surface area contributed by atoms with E-state index in [-0.39, 0.29) is 22.9 Å². The molecule has 0 radical (unpaired) electrons. The maximum atomic E-state index is 7.86. The molecule has 0 unspecified atom stereocenters. The molecule has 4 N–H and O–H groups in total. The van der Waals surface area contributed by atoms with Crippen LogP contribution in [-0.4, -0.2) is 31.2 Å². The quantitative estimate of drug-likeness (QED) is 0.398. The molecule has 0 amide bonds. The van der Waals surface area contributed by atoms with Crippen molar-refractivity contribution < 1.29 is 9.57 Å². The zero-order valence-corrected chi connectivity index (χ0v) is 12.5. The molecule has 1 aliphatic heterocycles. The van der Waals surface area contributed by atoms with Gasteiger partial charge in [0.1, 0.15) is 16.6 Å². The van der Waals surface area contributed by atoms with Gasteiger partial charge in [0.2, 0.25) is 0 Å². The lowest BCUT2D eigenvalue weighted by Crippen LogP contribution is -2.37. The van der Waals surface area contributed by atoms with Gasteiger partial charge in [-0.25, -0.2) is 4.99 Å². The fourth-order valence-corrected chi connectivity index (χ4v) is 2.10. The lowest BCUT2D eigenvalue weighted by atomic mass is 10.0. The molecule has 1 fully saturated rings. The Labute approximate surface area is 124 Å². The molecule has 1 saturated heterocycles. The first-order chi connectivity index (χ1) is 9.47.